The number of aliphatic hydroxyl groups is 1. The van der Waals surface area contributed by atoms with Gasteiger partial charge in [0.15, 0.2) is 5.78 Å². The first-order chi connectivity index (χ1) is 14.3. The molecule has 2 aromatic rings. The van der Waals surface area contributed by atoms with E-state index in [2.05, 4.69) is 46.8 Å². The molecule has 0 aromatic heterocycles. The van der Waals surface area contributed by atoms with Gasteiger partial charge in [0.2, 0.25) is 0 Å². The highest BCUT2D eigenvalue weighted by Gasteiger charge is 2.43. The summed E-state index contributed by atoms with van der Waals surface area (Å²) in [6.45, 7) is 6.01. The summed E-state index contributed by atoms with van der Waals surface area (Å²) in [5, 5.41) is 19.1. The molecule has 0 saturated carbocycles. The van der Waals surface area contributed by atoms with Crippen LogP contribution in [0.3, 0.4) is 0 Å². The van der Waals surface area contributed by atoms with Crippen LogP contribution >= 0.6 is 15.9 Å². The van der Waals surface area contributed by atoms with Crippen LogP contribution in [0, 0.1) is 11.3 Å². The van der Waals surface area contributed by atoms with Crippen LogP contribution in [0.25, 0.3) is 5.57 Å². The Morgan fingerprint density at radius 1 is 1.17 bits per heavy atom. The number of fused-ring (bicyclic) bond motifs is 3. The van der Waals surface area contributed by atoms with E-state index in [4.69, 9.17) is 0 Å². The van der Waals surface area contributed by atoms with E-state index >= 15 is 0 Å². The van der Waals surface area contributed by atoms with Gasteiger partial charge in [-0.1, -0.05) is 19.9 Å². The first kappa shape index (κ1) is 19.5. The van der Waals surface area contributed by atoms with Crippen molar-refractivity contribution in [2.75, 3.05) is 18.0 Å². The number of benzene rings is 2. The van der Waals surface area contributed by atoms with E-state index in [-0.39, 0.29) is 17.3 Å². The number of anilines is 1. The molecular formula is C25H23BrN2O2. The second-order valence-corrected chi connectivity index (χ2v) is 9.89. The van der Waals surface area contributed by atoms with Crippen molar-refractivity contribution in [2.24, 2.45) is 0 Å². The molecule has 0 radical (unpaired) electrons. The second kappa shape index (κ2) is 6.80. The van der Waals surface area contributed by atoms with Gasteiger partial charge in [-0.3, -0.25) is 4.79 Å². The van der Waals surface area contributed by atoms with Crippen molar-refractivity contribution in [3.63, 3.8) is 0 Å². The van der Waals surface area contributed by atoms with Crippen LogP contribution in [0.2, 0.25) is 0 Å². The van der Waals surface area contributed by atoms with E-state index in [0.29, 0.717) is 12.0 Å². The zero-order chi connectivity index (χ0) is 21.2. The Kier molecular flexibility index (Phi) is 4.43. The molecule has 2 aliphatic carbocycles. The molecule has 1 aliphatic heterocycles. The highest BCUT2D eigenvalue weighted by atomic mass is 79.9. The highest BCUT2D eigenvalue weighted by molar-refractivity contribution is 9.10. The number of nitriles is 1. The molecule has 0 atom stereocenters. The minimum Gasteiger partial charge on any atom is -0.393 e. The quantitative estimate of drug-likeness (QED) is 0.662. The maximum atomic E-state index is 13.6. The van der Waals surface area contributed by atoms with Gasteiger partial charge in [0.25, 0.3) is 0 Å². The number of carbonyl (C=O) groups is 1. The summed E-state index contributed by atoms with van der Waals surface area (Å²) in [5.41, 5.74) is 7.25. The molecular weight excluding hydrogens is 440 g/mol. The van der Waals surface area contributed by atoms with Gasteiger partial charge < -0.3 is 10.0 Å². The molecule has 1 N–H and O–H groups in total. The van der Waals surface area contributed by atoms with Crippen molar-refractivity contribution in [3.05, 3.63) is 68.2 Å². The molecule has 0 amide bonds. The smallest absolute Gasteiger partial charge is 0.193 e. The topological polar surface area (TPSA) is 64.3 Å². The summed E-state index contributed by atoms with van der Waals surface area (Å²) in [6, 6.07) is 12.0. The van der Waals surface area contributed by atoms with Crippen LogP contribution < -0.4 is 4.90 Å². The Balaban J connectivity index is 1.62. The van der Waals surface area contributed by atoms with Crippen LogP contribution in [-0.4, -0.2) is 30.1 Å². The van der Waals surface area contributed by atoms with E-state index in [1.807, 2.05) is 18.2 Å². The summed E-state index contributed by atoms with van der Waals surface area (Å²) in [4.78, 5) is 15.9. The fourth-order valence-corrected chi connectivity index (χ4v) is 5.79. The number of hydrogen-bond acceptors (Lipinski definition) is 4. The third-order valence-corrected chi connectivity index (χ3v) is 7.60. The Morgan fingerprint density at radius 2 is 1.90 bits per heavy atom. The summed E-state index contributed by atoms with van der Waals surface area (Å²) in [7, 11) is 0. The average molecular weight is 463 g/mol. The number of rotatable bonds is 1. The van der Waals surface area contributed by atoms with Crippen LogP contribution in [0.5, 0.6) is 0 Å². The number of aliphatic hydroxyl groups excluding tert-OH is 1. The maximum absolute atomic E-state index is 13.6. The van der Waals surface area contributed by atoms with Gasteiger partial charge in [0, 0.05) is 34.1 Å². The van der Waals surface area contributed by atoms with Crippen LogP contribution in [0.4, 0.5) is 5.69 Å². The number of carbonyl (C=O) groups excluding carboxylic acids is 1. The molecule has 3 aliphatic rings. The van der Waals surface area contributed by atoms with Crippen molar-refractivity contribution in [1.82, 2.24) is 0 Å². The third kappa shape index (κ3) is 2.78. The molecule has 4 nitrogen and oxygen atoms in total. The number of allylic oxidation sites excluding steroid dienone is 2. The Labute approximate surface area is 185 Å². The number of piperidine rings is 1. The zero-order valence-corrected chi connectivity index (χ0v) is 18.7. The first-order valence-electron chi connectivity index (χ1n) is 10.4. The maximum Gasteiger partial charge on any atom is 0.193 e. The average Bonchev–Trinajstić information content (AvgIpc) is 3.12. The van der Waals surface area contributed by atoms with Gasteiger partial charge in [0.1, 0.15) is 0 Å². The fourth-order valence-electron chi connectivity index (χ4n) is 5.20. The lowest BCUT2D eigenvalue weighted by Crippen LogP contribution is -2.37. The molecule has 1 saturated heterocycles. The Morgan fingerprint density at radius 3 is 2.60 bits per heavy atom. The molecule has 2 aromatic carbocycles. The largest absolute Gasteiger partial charge is 0.393 e. The first-order valence-corrected chi connectivity index (χ1v) is 11.2. The second-order valence-electron chi connectivity index (χ2n) is 9.04. The van der Waals surface area contributed by atoms with Crippen molar-refractivity contribution in [3.8, 4) is 6.07 Å². The van der Waals surface area contributed by atoms with Gasteiger partial charge in [0.05, 0.1) is 23.4 Å². The Hall–Kier alpha value is -2.42. The van der Waals surface area contributed by atoms with Crippen molar-refractivity contribution >= 4 is 33.0 Å². The van der Waals surface area contributed by atoms with Crippen LogP contribution in [-0.2, 0) is 11.8 Å². The predicted octanol–water partition coefficient (Wildman–Crippen LogP) is 4.77. The van der Waals surface area contributed by atoms with Crippen molar-refractivity contribution in [1.29, 1.82) is 5.26 Å². The van der Waals surface area contributed by atoms with Crippen LogP contribution in [0.15, 0.2) is 40.4 Å². The number of halogens is 1. The van der Waals surface area contributed by atoms with Gasteiger partial charge in [-0.05, 0) is 81.7 Å². The zero-order valence-electron chi connectivity index (χ0n) is 17.1. The van der Waals surface area contributed by atoms with Gasteiger partial charge >= 0.3 is 0 Å². The third-order valence-electron chi connectivity index (χ3n) is 6.96. The fraction of sp³-hybridized carbons (Fsp3) is 0.360. The predicted molar refractivity (Wildman–Crippen MR) is 121 cm³/mol. The van der Waals surface area contributed by atoms with Crippen LogP contribution in [0.1, 0.15) is 59.3 Å². The van der Waals surface area contributed by atoms with Crippen molar-refractivity contribution < 1.29 is 9.90 Å². The molecule has 152 valence electrons. The van der Waals surface area contributed by atoms with Gasteiger partial charge in [-0.15, -0.1) is 0 Å². The molecule has 1 heterocycles. The number of ketones is 1. The lowest BCUT2D eigenvalue weighted by atomic mass is 9.68. The van der Waals surface area contributed by atoms with E-state index < -0.39 is 0 Å². The summed E-state index contributed by atoms with van der Waals surface area (Å²) in [5.74, 6) is 0.0732. The van der Waals surface area contributed by atoms with Gasteiger partial charge in [-0.2, -0.15) is 5.26 Å². The SMILES string of the molecule is CC1(C)C2=C(C(=O)c3cc(Br)c(N4CCC(O)CC4)cc31)c1ccc(C#N)cc1C2. The normalized spacial score (nSPS) is 20.0. The molecule has 0 bridgehead atoms. The molecule has 5 heteroatoms. The van der Waals surface area contributed by atoms with E-state index in [1.54, 1.807) is 6.07 Å². The molecule has 5 rings (SSSR count). The molecule has 0 spiro atoms. The molecule has 0 unspecified atom stereocenters. The van der Waals surface area contributed by atoms with E-state index in [9.17, 15) is 15.2 Å². The van der Waals surface area contributed by atoms with E-state index in [1.165, 1.54) is 0 Å². The number of nitrogens with zero attached hydrogens (tertiary/aromatic N) is 2. The summed E-state index contributed by atoms with van der Waals surface area (Å²) < 4.78 is 0.920. The number of Topliss-reactive ketones (excluding diaryl/α,β-unsaturated/α-hetero) is 1. The van der Waals surface area contributed by atoms with Crippen molar-refractivity contribution in [2.45, 2.75) is 44.6 Å². The Bertz CT molecular complexity index is 1160. The minimum atomic E-state index is -0.283. The molecule has 30 heavy (non-hydrogen) atoms. The monoisotopic (exact) mass is 462 g/mol. The van der Waals surface area contributed by atoms with E-state index in [0.717, 1.165) is 69.5 Å². The summed E-state index contributed by atoms with van der Waals surface area (Å²) >= 11 is 3.71. The lowest BCUT2D eigenvalue weighted by molar-refractivity contribution is 0.105. The minimum absolute atomic E-state index is 0.0732. The standard InChI is InChI=1S/C25H23BrN2O2/c1-25(2)19-12-22(28-7-5-16(29)6-8-28)21(26)11-18(19)24(30)23-17-4-3-14(13-27)9-15(17)10-20(23)25/h3-4,9,11-12,16,29H,5-8,10H2,1-2H3. The highest BCUT2D eigenvalue weighted by Crippen LogP contribution is 2.51. The van der Waals surface area contributed by atoms with Gasteiger partial charge in [-0.25, -0.2) is 0 Å². The lowest BCUT2D eigenvalue weighted by Gasteiger charge is -2.37. The number of hydrogen-bond donors (Lipinski definition) is 1. The molecule has 1 fully saturated rings. The summed E-state index contributed by atoms with van der Waals surface area (Å²) in [6.07, 6.45) is 2.01.